The van der Waals surface area contributed by atoms with E-state index >= 15 is 4.39 Å². The second-order valence-corrected chi connectivity index (χ2v) is 11.6. The molecule has 1 saturated carbocycles. The Bertz CT molecular complexity index is 850. The average Bonchev–Trinajstić information content (AvgIpc) is 3.39. The van der Waals surface area contributed by atoms with E-state index in [0.717, 1.165) is 12.8 Å². The Balaban J connectivity index is 2.14. The van der Waals surface area contributed by atoms with Crippen molar-refractivity contribution in [2.75, 3.05) is 13.4 Å². The van der Waals surface area contributed by atoms with Crippen LogP contribution in [0.15, 0.2) is 27.7 Å². The van der Waals surface area contributed by atoms with Gasteiger partial charge in [0.15, 0.2) is 0 Å². The number of thioether (sulfide) groups is 1. The maximum absolute atomic E-state index is 15.2. The molecule has 0 aliphatic heterocycles. The second kappa shape index (κ2) is 7.97. The first kappa shape index (κ1) is 19.2. The number of carbonyl (C=O) groups is 2. The minimum atomic E-state index is -2.57. The van der Waals surface area contributed by atoms with Gasteiger partial charge in [-0.15, -0.1) is 0 Å². The summed E-state index contributed by atoms with van der Waals surface area (Å²) in [5.41, 5.74) is 0.581. The van der Waals surface area contributed by atoms with Gasteiger partial charge in [-0.3, -0.25) is 0 Å². The van der Waals surface area contributed by atoms with E-state index in [4.69, 9.17) is 9.26 Å². The van der Waals surface area contributed by atoms with Gasteiger partial charge in [-0.05, 0) is 0 Å². The number of carbonyl (C=O) groups excluding carboxylic acids is 2. The quantitative estimate of drug-likeness (QED) is 0.372. The molecule has 0 amide bonds. The third-order valence-electron chi connectivity index (χ3n) is 4.32. The molecule has 138 valence electrons. The predicted octanol–water partition coefficient (Wildman–Crippen LogP) is 3.71. The Morgan fingerprint density at radius 2 is 2.12 bits per heavy atom. The van der Waals surface area contributed by atoms with Crippen molar-refractivity contribution in [3.8, 4) is 0 Å². The van der Waals surface area contributed by atoms with Crippen molar-refractivity contribution in [3.63, 3.8) is 0 Å². The van der Waals surface area contributed by atoms with Crippen LogP contribution >= 0.6 is 11.8 Å². The van der Waals surface area contributed by atoms with Gasteiger partial charge in [-0.2, -0.15) is 0 Å². The first-order valence-electron chi connectivity index (χ1n) is 8.24. The third kappa shape index (κ3) is 3.47. The average molecular weight is 439 g/mol. The number of hydrogen-bond donors (Lipinski definition) is 0. The van der Waals surface area contributed by atoms with Crippen LogP contribution in [0.3, 0.4) is 0 Å². The Labute approximate surface area is 159 Å². The number of halogens is 1. The summed E-state index contributed by atoms with van der Waals surface area (Å²) in [4.78, 5) is 25.8. The topological polar surface area (TPSA) is 69.4 Å². The van der Waals surface area contributed by atoms with Gasteiger partial charge < -0.3 is 0 Å². The van der Waals surface area contributed by atoms with E-state index in [-0.39, 0.29) is 21.6 Å². The molecule has 0 bridgehead atoms. The van der Waals surface area contributed by atoms with Crippen LogP contribution in [-0.2, 0) is 4.74 Å². The van der Waals surface area contributed by atoms with E-state index in [1.54, 1.807) is 18.4 Å². The first-order chi connectivity index (χ1) is 12.5. The van der Waals surface area contributed by atoms with Crippen LogP contribution in [0.4, 0.5) is 9.18 Å². The fraction of sp³-hybridized carbons (Fsp3) is 0.389. The van der Waals surface area contributed by atoms with Crippen LogP contribution in [0, 0.1) is 5.82 Å². The van der Waals surface area contributed by atoms with Gasteiger partial charge in [0, 0.05) is 0 Å². The monoisotopic (exact) mass is 439 g/mol. The summed E-state index contributed by atoms with van der Waals surface area (Å²) in [6.45, 7) is 1.82. The molecule has 1 aliphatic rings. The number of rotatable bonds is 7. The van der Waals surface area contributed by atoms with E-state index in [9.17, 15) is 9.59 Å². The fourth-order valence-corrected chi connectivity index (χ4v) is 7.27. The van der Waals surface area contributed by atoms with Crippen molar-refractivity contribution in [2.24, 2.45) is 0 Å². The van der Waals surface area contributed by atoms with E-state index in [0.29, 0.717) is 21.4 Å². The van der Waals surface area contributed by atoms with Crippen LogP contribution in [0.5, 0.6) is 0 Å². The van der Waals surface area contributed by atoms with E-state index in [2.05, 4.69) is 5.16 Å². The van der Waals surface area contributed by atoms with Crippen molar-refractivity contribution in [1.29, 1.82) is 0 Å². The first-order valence-corrected chi connectivity index (χ1v) is 12.7. The molecule has 0 N–H and O–H groups in total. The summed E-state index contributed by atoms with van der Waals surface area (Å²) in [5, 5.41) is 4.22. The normalized spacial score (nSPS) is 14.9. The van der Waals surface area contributed by atoms with Crippen molar-refractivity contribution in [1.82, 2.24) is 5.16 Å². The molecule has 0 spiro atoms. The molecule has 1 aromatic heterocycles. The third-order valence-corrected chi connectivity index (χ3v) is 9.76. The SMILES string of the molecule is CC[As](C(=O)OC)c1c(C(=O)c2cnoc2C2CC2)ccc(SC)c1F. The zero-order valence-electron chi connectivity index (χ0n) is 14.7. The van der Waals surface area contributed by atoms with Crippen LogP contribution in [0.25, 0.3) is 0 Å². The van der Waals surface area contributed by atoms with Gasteiger partial charge in [0.1, 0.15) is 0 Å². The van der Waals surface area contributed by atoms with Crippen LogP contribution in [-0.4, -0.2) is 43.7 Å². The van der Waals surface area contributed by atoms with Crippen molar-refractivity contribution in [3.05, 3.63) is 41.0 Å². The minimum absolute atomic E-state index is 0.204. The van der Waals surface area contributed by atoms with Crippen LogP contribution in [0.1, 0.15) is 47.4 Å². The molecule has 1 fully saturated rings. The van der Waals surface area contributed by atoms with Crippen LogP contribution < -0.4 is 4.35 Å². The fourth-order valence-electron chi connectivity index (χ4n) is 2.84. The van der Waals surface area contributed by atoms with Crippen molar-refractivity contribution < 1.29 is 23.2 Å². The molecule has 5 nitrogen and oxygen atoms in total. The number of benzene rings is 1. The predicted molar refractivity (Wildman–Crippen MR) is 98.4 cm³/mol. The molecule has 1 aliphatic carbocycles. The number of hydrogen-bond acceptors (Lipinski definition) is 6. The molecule has 1 aromatic carbocycles. The van der Waals surface area contributed by atoms with Crippen molar-refractivity contribution >= 4 is 41.3 Å². The van der Waals surface area contributed by atoms with E-state index in [1.165, 1.54) is 25.1 Å². The molecule has 3 rings (SSSR count). The molecule has 0 radical (unpaired) electrons. The number of aromatic nitrogens is 1. The number of methoxy groups -OCH3 is 1. The van der Waals surface area contributed by atoms with E-state index in [1.807, 2.05) is 6.92 Å². The Hall–Kier alpha value is -1.59. The number of nitrogens with zero attached hydrogens (tertiary/aromatic N) is 1. The van der Waals surface area contributed by atoms with Gasteiger partial charge >= 0.3 is 160 Å². The van der Waals surface area contributed by atoms with Gasteiger partial charge in [0.25, 0.3) is 0 Å². The summed E-state index contributed by atoms with van der Waals surface area (Å²) in [7, 11) is 1.29. The second-order valence-electron chi connectivity index (χ2n) is 5.90. The number of ether oxygens (including phenoxy) is 1. The van der Waals surface area contributed by atoms with Gasteiger partial charge in [0.05, 0.1) is 0 Å². The van der Waals surface area contributed by atoms with Crippen LogP contribution in [0.2, 0.25) is 5.21 Å². The summed E-state index contributed by atoms with van der Waals surface area (Å²) >= 11 is -1.33. The molecular formula is C18H19AsFNO4S. The molecule has 8 heteroatoms. The summed E-state index contributed by atoms with van der Waals surface area (Å²) in [6.07, 6.45) is 5.06. The standard InChI is InChI=1S/C18H19AsFNO4S/c1-4-19(18(23)24-2)14-11(7-8-13(26-3)15(14)20)16(22)12-9-21-25-17(12)10-5-6-10/h7-10H,4-6H2,1-3H3. The zero-order chi connectivity index (χ0) is 18.8. The summed E-state index contributed by atoms with van der Waals surface area (Å²) < 4.78 is 25.1. The van der Waals surface area contributed by atoms with Gasteiger partial charge in [-0.1, -0.05) is 0 Å². The molecule has 1 heterocycles. The van der Waals surface area contributed by atoms with Crippen molar-refractivity contribution in [2.45, 2.75) is 35.8 Å². The molecule has 26 heavy (non-hydrogen) atoms. The maximum atomic E-state index is 15.2. The Morgan fingerprint density at radius 3 is 2.69 bits per heavy atom. The molecular weight excluding hydrogens is 420 g/mol. The molecule has 2 aromatic rings. The number of ketones is 1. The molecule has 1 unspecified atom stereocenters. The Morgan fingerprint density at radius 1 is 1.38 bits per heavy atom. The molecule has 1 atom stereocenters. The van der Waals surface area contributed by atoms with Gasteiger partial charge in [0.2, 0.25) is 0 Å². The van der Waals surface area contributed by atoms with E-state index < -0.39 is 25.2 Å². The van der Waals surface area contributed by atoms with Gasteiger partial charge in [-0.25, -0.2) is 0 Å². The zero-order valence-corrected chi connectivity index (χ0v) is 17.4. The Kier molecular flexibility index (Phi) is 5.88. The summed E-state index contributed by atoms with van der Waals surface area (Å²) in [5.74, 6) is -0.0639. The molecule has 0 saturated heterocycles. The summed E-state index contributed by atoms with van der Waals surface area (Å²) in [6, 6.07) is 3.19.